The number of hydrogen-bond donors (Lipinski definition) is 1. The lowest BCUT2D eigenvalue weighted by atomic mass is 10.2. The van der Waals surface area contributed by atoms with Crippen molar-refractivity contribution in [2.75, 3.05) is 56.2 Å². The van der Waals surface area contributed by atoms with E-state index in [1.54, 1.807) is 24.3 Å². The van der Waals surface area contributed by atoms with E-state index in [0.717, 1.165) is 12.1 Å². The Labute approximate surface area is 184 Å². The molecule has 1 fully saturated rings. The number of fused-ring (bicyclic) bond motifs is 1. The van der Waals surface area contributed by atoms with Crippen molar-refractivity contribution in [2.45, 2.75) is 6.42 Å². The second kappa shape index (κ2) is 9.40. The molecule has 0 bridgehead atoms. The standard InChI is InChI=1S/C21H23ClN4O5/c22-17-12-19-20(31-10-2-9-30-19)13-18(17)23-21(27)14-24-5-7-25(8-6-24)15-3-1-4-16(11-15)26(28)29/h1,3-4,11-13H,2,5-10,14H2,(H,23,27). The highest BCUT2D eigenvalue weighted by molar-refractivity contribution is 6.34. The maximum Gasteiger partial charge on any atom is 0.271 e. The van der Waals surface area contributed by atoms with Crippen LogP contribution in [0.5, 0.6) is 11.5 Å². The number of rotatable bonds is 5. The monoisotopic (exact) mass is 446 g/mol. The molecule has 2 aromatic rings. The molecule has 2 aliphatic heterocycles. The molecule has 31 heavy (non-hydrogen) atoms. The smallest absolute Gasteiger partial charge is 0.271 e. The molecule has 164 valence electrons. The minimum absolute atomic E-state index is 0.0753. The van der Waals surface area contributed by atoms with Crippen molar-refractivity contribution in [1.82, 2.24) is 4.90 Å². The van der Waals surface area contributed by atoms with Crippen LogP contribution in [0.2, 0.25) is 5.02 Å². The van der Waals surface area contributed by atoms with Crippen molar-refractivity contribution in [1.29, 1.82) is 0 Å². The average Bonchev–Trinajstić information content (AvgIpc) is 2.99. The highest BCUT2D eigenvalue weighted by atomic mass is 35.5. The quantitative estimate of drug-likeness (QED) is 0.556. The fourth-order valence-corrected chi connectivity index (χ4v) is 3.84. The van der Waals surface area contributed by atoms with Gasteiger partial charge in [-0.2, -0.15) is 0 Å². The molecule has 10 heteroatoms. The molecule has 0 aromatic heterocycles. The maximum atomic E-state index is 12.6. The molecule has 9 nitrogen and oxygen atoms in total. The Hall–Kier alpha value is -3.04. The molecule has 2 aromatic carbocycles. The number of nitrogens with one attached hydrogen (secondary N) is 1. The van der Waals surface area contributed by atoms with Gasteiger partial charge in [-0.3, -0.25) is 19.8 Å². The molecule has 1 N–H and O–H groups in total. The number of nitrogens with zero attached hydrogens (tertiary/aromatic N) is 3. The van der Waals surface area contributed by atoms with Crippen molar-refractivity contribution in [3.63, 3.8) is 0 Å². The Morgan fingerprint density at radius 3 is 2.52 bits per heavy atom. The number of non-ortho nitro benzene ring substituents is 1. The third-order valence-electron chi connectivity index (χ3n) is 5.26. The van der Waals surface area contributed by atoms with E-state index >= 15 is 0 Å². The third kappa shape index (κ3) is 5.18. The Morgan fingerprint density at radius 1 is 1.10 bits per heavy atom. The van der Waals surface area contributed by atoms with Gasteiger partial charge in [0.2, 0.25) is 5.91 Å². The zero-order chi connectivity index (χ0) is 21.8. The van der Waals surface area contributed by atoms with Gasteiger partial charge in [-0.05, 0) is 6.07 Å². The third-order valence-corrected chi connectivity index (χ3v) is 5.57. The number of carbonyl (C=O) groups excluding carboxylic acids is 1. The van der Waals surface area contributed by atoms with Gasteiger partial charge in [0.15, 0.2) is 11.5 Å². The van der Waals surface area contributed by atoms with Crippen molar-refractivity contribution in [2.24, 2.45) is 0 Å². The molecule has 0 saturated carbocycles. The Balaban J connectivity index is 1.32. The molecular formula is C21H23ClN4O5. The van der Waals surface area contributed by atoms with E-state index in [-0.39, 0.29) is 18.1 Å². The second-order valence-corrected chi connectivity index (χ2v) is 7.82. The summed E-state index contributed by atoms with van der Waals surface area (Å²) in [5.41, 5.74) is 1.38. The number of amides is 1. The van der Waals surface area contributed by atoms with Crippen LogP contribution < -0.4 is 19.7 Å². The highest BCUT2D eigenvalue weighted by Gasteiger charge is 2.21. The summed E-state index contributed by atoms with van der Waals surface area (Å²) in [7, 11) is 0. The summed E-state index contributed by atoms with van der Waals surface area (Å²) >= 11 is 6.30. The number of anilines is 2. The van der Waals surface area contributed by atoms with Crippen LogP contribution in [0.15, 0.2) is 36.4 Å². The number of benzene rings is 2. The van der Waals surface area contributed by atoms with E-state index in [1.165, 1.54) is 6.07 Å². The zero-order valence-corrected chi connectivity index (χ0v) is 17.6. The Kier molecular flexibility index (Phi) is 6.43. The van der Waals surface area contributed by atoms with Crippen LogP contribution in [0, 0.1) is 10.1 Å². The van der Waals surface area contributed by atoms with Crippen molar-refractivity contribution in [3.05, 3.63) is 51.5 Å². The maximum absolute atomic E-state index is 12.6. The first kappa shape index (κ1) is 21.2. The van der Waals surface area contributed by atoms with Gasteiger partial charge in [0.25, 0.3) is 5.69 Å². The Bertz CT molecular complexity index is 978. The van der Waals surface area contributed by atoms with E-state index in [1.807, 2.05) is 11.0 Å². The van der Waals surface area contributed by atoms with Crippen LogP contribution in [0.4, 0.5) is 17.1 Å². The number of piperazine rings is 1. The summed E-state index contributed by atoms with van der Waals surface area (Å²) in [6.07, 6.45) is 0.788. The minimum Gasteiger partial charge on any atom is -0.490 e. The molecule has 0 unspecified atom stereocenters. The fraction of sp³-hybridized carbons (Fsp3) is 0.381. The molecule has 0 aliphatic carbocycles. The van der Waals surface area contributed by atoms with Crippen molar-refractivity contribution < 1.29 is 19.2 Å². The van der Waals surface area contributed by atoms with Crippen LogP contribution in [0.3, 0.4) is 0 Å². The molecule has 0 radical (unpaired) electrons. The lowest BCUT2D eigenvalue weighted by molar-refractivity contribution is -0.384. The van der Waals surface area contributed by atoms with E-state index in [0.29, 0.717) is 61.6 Å². The molecule has 0 atom stereocenters. The summed E-state index contributed by atoms with van der Waals surface area (Å²) in [6.45, 7) is 4.05. The van der Waals surface area contributed by atoms with Crippen molar-refractivity contribution in [3.8, 4) is 11.5 Å². The van der Waals surface area contributed by atoms with Gasteiger partial charge in [0.1, 0.15) is 0 Å². The normalized spacial score (nSPS) is 16.5. The molecule has 2 heterocycles. The van der Waals surface area contributed by atoms with Gasteiger partial charge in [-0.15, -0.1) is 0 Å². The van der Waals surface area contributed by atoms with Crippen LogP contribution in [-0.4, -0.2) is 61.7 Å². The van der Waals surface area contributed by atoms with Gasteiger partial charge in [0, 0.05) is 62.6 Å². The SMILES string of the molecule is O=C(CN1CCN(c2cccc([N+](=O)[O-])c2)CC1)Nc1cc2c(cc1Cl)OCCCO2. The van der Waals surface area contributed by atoms with Gasteiger partial charge < -0.3 is 19.7 Å². The lowest BCUT2D eigenvalue weighted by Crippen LogP contribution is -2.48. The van der Waals surface area contributed by atoms with Crippen LogP contribution >= 0.6 is 11.6 Å². The number of halogens is 1. The number of nitro benzene ring substituents is 1. The summed E-state index contributed by atoms with van der Waals surface area (Å²) < 4.78 is 11.3. The largest absolute Gasteiger partial charge is 0.490 e. The highest BCUT2D eigenvalue weighted by Crippen LogP contribution is 2.37. The van der Waals surface area contributed by atoms with E-state index in [9.17, 15) is 14.9 Å². The van der Waals surface area contributed by atoms with Gasteiger partial charge in [-0.1, -0.05) is 17.7 Å². The van der Waals surface area contributed by atoms with E-state index < -0.39 is 4.92 Å². The average molecular weight is 447 g/mol. The fourth-order valence-electron chi connectivity index (χ4n) is 3.64. The number of nitro groups is 1. The topological polar surface area (TPSA) is 97.2 Å². The second-order valence-electron chi connectivity index (χ2n) is 7.42. The van der Waals surface area contributed by atoms with E-state index in [2.05, 4.69) is 10.2 Å². The number of carbonyl (C=O) groups is 1. The van der Waals surface area contributed by atoms with Gasteiger partial charge >= 0.3 is 0 Å². The summed E-state index contributed by atoms with van der Waals surface area (Å²) in [4.78, 5) is 27.3. The molecule has 0 spiro atoms. The summed E-state index contributed by atoms with van der Waals surface area (Å²) in [6, 6.07) is 9.97. The predicted octanol–water partition coefficient (Wildman–Crippen LogP) is 3.17. The summed E-state index contributed by atoms with van der Waals surface area (Å²) in [5.74, 6) is 0.987. The molecule has 1 amide bonds. The van der Waals surface area contributed by atoms with Crippen LogP contribution in [0.1, 0.15) is 6.42 Å². The van der Waals surface area contributed by atoms with Gasteiger partial charge in [-0.25, -0.2) is 0 Å². The first-order valence-electron chi connectivity index (χ1n) is 10.1. The predicted molar refractivity (Wildman–Crippen MR) is 117 cm³/mol. The molecular weight excluding hydrogens is 424 g/mol. The summed E-state index contributed by atoms with van der Waals surface area (Å²) in [5, 5.41) is 14.2. The molecule has 4 rings (SSSR count). The molecule has 2 aliphatic rings. The molecule has 1 saturated heterocycles. The van der Waals surface area contributed by atoms with Crippen LogP contribution in [-0.2, 0) is 4.79 Å². The van der Waals surface area contributed by atoms with Crippen LogP contribution in [0.25, 0.3) is 0 Å². The zero-order valence-electron chi connectivity index (χ0n) is 16.9. The van der Waals surface area contributed by atoms with E-state index in [4.69, 9.17) is 21.1 Å². The van der Waals surface area contributed by atoms with Crippen molar-refractivity contribution >= 4 is 34.6 Å². The lowest BCUT2D eigenvalue weighted by Gasteiger charge is -2.35. The Morgan fingerprint density at radius 2 is 1.81 bits per heavy atom. The number of hydrogen-bond acceptors (Lipinski definition) is 7. The number of ether oxygens (including phenoxy) is 2. The first-order chi connectivity index (χ1) is 15.0. The van der Waals surface area contributed by atoms with Gasteiger partial charge in [0.05, 0.1) is 35.4 Å². The minimum atomic E-state index is -0.394. The first-order valence-corrected chi connectivity index (χ1v) is 10.5.